The van der Waals surface area contributed by atoms with Crippen molar-refractivity contribution in [2.75, 3.05) is 30.8 Å². The molecule has 0 bridgehead atoms. The number of hydrogen-bond donors (Lipinski definition) is 1. The first kappa shape index (κ1) is 22.9. The Morgan fingerprint density at radius 1 is 1.16 bits per heavy atom. The molecule has 8 nitrogen and oxygen atoms in total. The highest BCUT2D eigenvalue weighted by Crippen LogP contribution is 2.31. The Morgan fingerprint density at radius 2 is 1.87 bits per heavy atom. The van der Waals surface area contributed by atoms with Gasteiger partial charge >= 0.3 is 0 Å². The monoisotopic (exact) mass is 466 g/mol. The van der Waals surface area contributed by atoms with Crippen LogP contribution in [0, 0.1) is 5.92 Å². The van der Waals surface area contributed by atoms with Gasteiger partial charge in [0.2, 0.25) is 15.9 Å². The molecular formula is C21H23ClN2O6S. The SMILES string of the molecule is COc1ccc(CCNC(=O)c2ccc(N3C(=O)[C@H](C)CS3(=O)=O)cc2Cl)cc1OC. The molecule has 1 fully saturated rings. The summed E-state index contributed by atoms with van der Waals surface area (Å²) in [5.74, 6) is -0.560. The van der Waals surface area contributed by atoms with Gasteiger partial charge in [-0.2, -0.15) is 0 Å². The fourth-order valence-electron chi connectivity index (χ4n) is 3.35. The Hall–Kier alpha value is -2.78. The molecule has 10 heteroatoms. The number of carbonyl (C=O) groups excluding carboxylic acids is 2. The van der Waals surface area contributed by atoms with Crippen LogP contribution in [-0.4, -0.2) is 46.7 Å². The summed E-state index contributed by atoms with van der Waals surface area (Å²) in [6.45, 7) is 1.91. The van der Waals surface area contributed by atoms with Crippen molar-refractivity contribution < 1.29 is 27.5 Å². The van der Waals surface area contributed by atoms with E-state index in [1.54, 1.807) is 27.2 Å². The van der Waals surface area contributed by atoms with Crippen molar-refractivity contribution in [3.05, 3.63) is 52.5 Å². The summed E-state index contributed by atoms with van der Waals surface area (Å²) in [5.41, 5.74) is 1.27. The van der Waals surface area contributed by atoms with Gasteiger partial charge in [0.15, 0.2) is 11.5 Å². The van der Waals surface area contributed by atoms with E-state index in [0.29, 0.717) is 24.5 Å². The number of halogens is 1. The van der Waals surface area contributed by atoms with Crippen LogP contribution < -0.4 is 19.1 Å². The number of nitrogens with zero attached hydrogens (tertiary/aromatic N) is 1. The third-order valence-electron chi connectivity index (χ3n) is 4.94. The lowest BCUT2D eigenvalue weighted by molar-refractivity contribution is -0.119. The molecule has 1 heterocycles. The molecule has 1 atom stereocenters. The predicted octanol–water partition coefficient (Wildman–Crippen LogP) is 2.64. The number of amides is 2. The molecule has 0 aromatic heterocycles. The second kappa shape index (κ2) is 9.15. The van der Waals surface area contributed by atoms with Gasteiger partial charge in [-0.25, -0.2) is 12.7 Å². The van der Waals surface area contributed by atoms with E-state index in [2.05, 4.69) is 5.32 Å². The van der Waals surface area contributed by atoms with E-state index in [1.807, 2.05) is 12.1 Å². The average Bonchev–Trinajstić information content (AvgIpc) is 2.93. The van der Waals surface area contributed by atoms with Crippen LogP contribution in [0.25, 0.3) is 0 Å². The summed E-state index contributed by atoms with van der Waals surface area (Å²) in [5, 5.41) is 2.84. The Morgan fingerprint density at radius 3 is 2.45 bits per heavy atom. The Balaban J connectivity index is 1.67. The number of hydrogen-bond acceptors (Lipinski definition) is 6. The third kappa shape index (κ3) is 4.77. The van der Waals surface area contributed by atoms with Crippen LogP contribution in [0.5, 0.6) is 11.5 Å². The van der Waals surface area contributed by atoms with Crippen molar-refractivity contribution in [3.63, 3.8) is 0 Å². The van der Waals surface area contributed by atoms with Gasteiger partial charge in [0.05, 0.1) is 42.2 Å². The smallest absolute Gasteiger partial charge is 0.252 e. The molecule has 2 amide bonds. The zero-order valence-electron chi connectivity index (χ0n) is 17.3. The van der Waals surface area contributed by atoms with Gasteiger partial charge in [-0.05, 0) is 42.3 Å². The number of nitrogens with one attached hydrogen (secondary N) is 1. The van der Waals surface area contributed by atoms with Gasteiger partial charge in [0.1, 0.15) is 0 Å². The van der Waals surface area contributed by atoms with Gasteiger partial charge in [0.25, 0.3) is 5.91 Å². The van der Waals surface area contributed by atoms with Crippen molar-refractivity contribution in [2.45, 2.75) is 13.3 Å². The van der Waals surface area contributed by atoms with Crippen LogP contribution in [0.3, 0.4) is 0 Å². The van der Waals surface area contributed by atoms with Crippen LogP contribution in [-0.2, 0) is 21.2 Å². The van der Waals surface area contributed by atoms with Gasteiger partial charge in [-0.1, -0.05) is 24.6 Å². The largest absolute Gasteiger partial charge is 0.493 e. The first-order valence-corrected chi connectivity index (χ1v) is 11.5. The van der Waals surface area contributed by atoms with E-state index >= 15 is 0 Å². The first-order chi connectivity index (χ1) is 14.7. The molecule has 2 aromatic carbocycles. The molecule has 166 valence electrons. The van der Waals surface area contributed by atoms with E-state index < -0.39 is 27.8 Å². The molecule has 0 radical (unpaired) electrons. The molecule has 1 aliphatic heterocycles. The van der Waals surface area contributed by atoms with E-state index in [4.69, 9.17) is 21.1 Å². The second-order valence-electron chi connectivity index (χ2n) is 7.14. The molecule has 0 aliphatic carbocycles. The third-order valence-corrected chi connectivity index (χ3v) is 7.12. The number of benzene rings is 2. The van der Waals surface area contributed by atoms with Crippen molar-refractivity contribution in [3.8, 4) is 11.5 Å². The lowest BCUT2D eigenvalue weighted by atomic mass is 10.1. The summed E-state index contributed by atoms with van der Waals surface area (Å²) < 4.78 is 35.7. The minimum absolute atomic E-state index is 0.0590. The second-order valence-corrected chi connectivity index (χ2v) is 9.41. The Kier molecular flexibility index (Phi) is 6.76. The minimum Gasteiger partial charge on any atom is -0.493 e. The normalized spacial score (nSPS) is 17.5. The number of carbonyl (C=O) groups is 2. The van der Waals surface area contributed by atoms with Crippen LogP contribution in [0.4, 0.5) is 5.69 Å². The van der Waals surface area contributed by atoms with Gasteiger partial charge in [-0.3, -0.25) is 9.59 Å². The molecule has 1 aliphatic rings. The summed E-state index contributed by atoms with van der Waals surface area (Å²) >= 11 is 6.22. The van der Waals surface area contributed by atoms with E-state index in [9.17, 15) is 18.0 Å². The Bertz CT molecular complexity index is 1120. The maximum Gasteiger partial charge on any atom is 0.252 e. The van der Waals surface area contributed by atoms with Crippen molar-refractivity contribution in [1.82, 2.24) is 5.32 Å². The molecule has 31 heavy (non-hydrogen) atoms. The zero-order valence-corrected chi connectivity index (χ0v) is 18.9. The number of methoxy groups -OCH3 is 2. The van der Waals surface area contributed by atoms with Gasteiger partial charge < -0.3 is 14.8 Å². The number of ether oxygens (including phenoxy) is 2. The molecule has 0 unspecified atom stereocenters. The van der Waals surface area contributed by atoms with Crippen LogP contribution >= 0.6 is 11.6 Å². The van der Waals surface area contributed by atoms with E-state index in [0.717, 1.165) is 9.87 Å². The standard InChI is InChI=1S/C21H23ClN2O6S/c1-13-12-31(27,28)24(21(13)26)15-5-6-16(17(22)11-15)20(25)23-9-8-14-4-7-18(29-2)19(10-14)30-3/h4-7,10-11,13H,8-9,12H2,1-3H3,(H,23,25)/t13-/m1/s1. The topological polar surface area (TPSA) is 102 Å². The molecule has 1 saturated heterocycles. The van der Waals surface area contributed by atoms with Crippen LogP contribution in [0.2, 0.25) is 5.02 Å². The fourth-order valence-corrected chi connectivity index (χ4v) is 5.43. The van der Waals surface area contributed by atoms with Crippen molar-refractivity contribution in [2.24, 2.45) is 5.92 Å². The van der Waals surface area contributed by atoms with Gasteiger partial charge in [-0.15, -0.1) is 0 Å². The number of rotatable bonds is 7. The predicted molar refractivity (Wildman–Crippen MR) is 117 cm³/mol. The molecule has 1 N–H and O–H groups in total. The number of sulfonamides is 1. The zero-order chi connectivity index (χ0) is 22.8. The Labute approximate surface area is 186 Å². The van der Waals surface area contributed by atoms with E-state index in [1.165, 1.54) is 18.2 Å². The summed E-state index contributed by atoms with van der Waals surface area (Å²) in [6.07, 6.45) is 0.556. The minimum atomic E-state index is -3.74. The molecule has 2 aromatic rings. The first-order valence-electron chi connectivity index (χ1n) is 9.53. The summed E-state index contributed by atoms with van der Waals surface area (Å²) in [6, 6.07) is 9.64. The lowest BCUT2D eigenvalue weighted by Crippen LogP contribution is -2.30. The van der Waals surface area contributed by atoms with Crippen LogP contribution in [0.15, 0.2) is 36.4 Å². The van der Waals surface area contributed by atoms with Crippen molar-refractivity contribution in [1.29, 1.82) is 0 Å². The van der Waals surface area contributed by atoms with Gasteiger partial charge in [0, 0.05) is 6.54 Å². The van der Waals surface area contributed by atoms with Crippen molar-refractivity contribution >= 4 is 39.1 Å². The average molecular weight is 467 g/mol. The maximum atomic E-state index is 12.5. The quantitative estimate of drug-likeness (QED) is 0.673. The van der Waals surface area contributed by atoms with Crippen LogP contribution in [0.1, 0.15) is 22.8 Å². The summed E-state index contributed by atoms with van der Waals surface area (Å²) in [4.78, 5) is 24.7. The molecular weight excluding hydrogens is 444 g/mol. The lowest BCUT2D eigenvalue weighted by Gasteiger charge is -2.16. The summed E-state index contributed by atoms with van der Waals surface area (Å²) in [7, 11) is -0.628. The molecule has 0 saturated carbocycles. The fraction of sp³-hybridized carbons (Fsp3) is 0.333. The molecule has 0 spiro atoms. The maximum absolute atomic E-state index is 12.5. The highest BCUT2D eigenvalue weighted by Gasteiger charge is 2.42. The number of anilines is 1. The highest BCUT2D eigenvalue weighted by atomic mass is 35.5. The highest BCUT2D eigenvalue weighted by molar-refractivity contribution is 7.94. The van der Waals surface area contributed by atoms with E-state index in [-0.39, 0.29) is 22.0 Å². The molecule has 3 rings (SSSR count).